The molecule has 6 heteroatoms. The number of rotatable bonds is 6. The SMILES string of the molecule is c1ccc(-c2nc(-c3nccn3CCCc3ncc[nH]3)co2)cc1. The second-order valence-electron chi connectivity index (χ2n) is 5.49. The number of imidazole rings is 2. The lowest BCUT2D eigenvalue weighted by atomic mass is 10.2. The molecule has 0 radical (unpaired) electrons. The van der Waals surface area contributed by atoms with Gasteiger partial charge in [-0.1, -0.05) is 18.2 Å². The van der Waals surface area contributed by atoms with Gasteiger partial charge < -0.3 is 14.0 Å². The van der Waals surface area contributed by atoms with Crippen LogP contribution < -0.4 is 0 Å². The van der Waals surface area contributed by atoms with Gasteiger partial charge >= 0.3 is 0 Å². The van der Waals surface area contributed by atoms with E-state index < -0.39 is 0 Å². The molecule has 0 saturated carbocycles. The van der Waals surface area contributed by atoms with Crippen LogP contribution in [-0.4, -0.2) is 24.5 Å². The molecule has 4 rings (SSSR count). The zero-order valence-corrected chi connectivity index (χ0v) is 13.1. The summed E-state index contributed by atoms with van der Waals surface area (Å²) in [6, 6.07) is 9.86. The normalized spacial score (nSPS) is 11.0. The first-order valence-corrected chi connectivity index (χ1v) is 7.91. The third-order valence-electron chi connectivity index (χ3n) is 3.84. The molecule has 3 aromatic heterocycles. The van der Waals surface area contributed by atoms with Crippen molar-refractivity contribution in [2.75, 3.05) is 0 Å². The zero-order valence-electron chi connectivity index (χ0n) is 13.1. The third kappa shape index (κ3) is 2.99. The smallest absolute Gasteiger partial charge is 0.226 e. The second kappa shape index (κ2) is 6.54. The van der Waals surface area contributed by atoms with Crippen molar-refractivity contribution in [1.82, 2.24) is 24.5 Å². The molecular weight excluding hydrogens is 302 g/mol. The van der Waals surface area contributed by atoms with Gasteiger partial charge in [0.2, 0.25) is 5.89 Å². The number of benzene rings is 1. The van der Waals surface area contributed by atoms with E-state index in [-0.39, 0.29) is 0 Å². The molecule has 4 aromatic rings. The number of aromatic nitrogens is 5. The first-order chi connectivity index (χ1) is 11.9. The maximum Gasteiger partial charge on any atom is 0.226 e. The standard InChI is InChI=1S/C18H17N5O/c1-2-5-14(6-3-1)18-22-15(13-24-18)17-21-10-12-23(17)11-4-7-16-19-8-9-20-16/h1-3,5-6,8-10,12-13H,4,7,11H2,(H,19,20). The van der Waals surface area contributed by atoms with Crippen molar-refractivity contribution in [1.29, 1.82) is 0 Å². The van der Waals surface area contributed by atoms with Gasteiger partial charge in [-0.15, -0.1) is 0 Å². The lowest BCUT2D eigenvalue weighted by Crippen LogP contribution is -2.02. The quantitative estimate of drug-likeness (QED) is 0.590. The van der Waals surface area contributed by atoms with E-state index in [0.29, 0.717) is 5.89 Å². The van der Waals surface area contributed by atoms with Gasteiger partial charge in [0.15, 0.2) is 5.82 Å². The van der Waals surface area contributed by atoms with Gasteiger partial charge in [-0.25, -0.2) is 15.0 Å². The highest BCUT2D eigenvalue weighted by atomic mass is 16.3. The van der Waals surface area contributed by atoms with Crippen LogP contribution in [0, 0.1) is 0 Å². The summed E-state index contributed by atoms with van der Waals surface area (Å²) < 4.78 is 7.71. The highest BCUT2D eigenvalue weighted by Crippen LogP contribution is 2.23. The summed E-state index contributed by atoms with van der Waals surface area (Å²) in [5.74, 6) is 2.43. The van der Waals surface area contributed by atoms with Crippen LogP contribution in [0.5, 0.6) is 0 Å². The van der Waals surface area contributed by atoms with Crippen LogP contribution in [-0.2, 0) is 13.0 Å². The van der Waals surface area contributed by atoms with E-state index >= 15 is 0 Å². The Balaban J connectivity index is 1.49. The molecule has 24 heavy (non-hydrogen) atoms. The van der Waals surface area contributed by atoms with Crippen molar-refractivity contribution in [3.05, 3.63) is 67.2 Å². The topological polar surface area (TPSA) is 72.5 Å². The van der Waals surface area contributed by atoms with Crippen LogP contribution in [0.4, 0.5) is 0 Å². The average molecular weight is 319 g/mol. The molecule has 0 aliphatic heterocycles. The Morgan fingerprint density at radius 2 is 2.00 bits per heavy atom. The number of hydrogen-bond donors (Lipinski definition) is 1. The fraction of sp³-hybridized carbons (Fsp3) is 0.167. The minimum absolute atomic E-state index is 0.607. The summed E-state index contributed by atoms with van der Waals surface area (Å²) in [6.07, 6.45) is 10.9. The van der Waals surface area contributed by atoms with Crippen molar-refractivity contribution in [2.45, 2.75) is 19.4 Å². The minimum atomic E-state index is 0.607. The third-order valence-corrected chi connectivity index (χ3v) is 3.84. The molecule has 6 nitrogen and oxygen atoms in total. The van der Waals surface area contributed by atoms with E-state index in [1.54, 1.807) is 18.7 Å². The lowest BCUT2D eigenvalue weighted by molar-refractivity contribution is 0.574. The van der Waals surface area contributed by atoms with E-state index in [1.807, 2.05) is 42.7 Å². The molecule has 0 saturated heterocycles. The van der Waals surface area contributed by atoms with E-state index in [0.717, 1.165) is 42.3 Å². The molecule has 1 aromatic carbocycles. The molecule has 0 unspecified atom stereocenters. The van der Waals surface area contributed by atoms with Crippen molar-refractivity contribution in [2.24, 2.45) is 0 Å². The molecule has 120 valence electrons. The average Bonchev–Trinajstić information content (AvgIpc) is 3.37. The number of nitrogens with zero attached hydrogens (tertiary/aromatic N) is 4. The summed E-state index contributed by atoms with van der Waals surface area (Å²) in [4.78, 5) is 16.4. The van der Waals surface area contributed by atoms with Gasteiger partial charge in [-0.05, 0) is 18.6 Å². The molecule has 3 heterocycles. The fourth-order valence-electron chi connectivity index (χ4n) is 2.66. The molecule has 0 aliphatic rings. The van der Waals surface area contributed by atoms with Crippen LogP contribution in [0.15, 0.2) is 65.8 Å². The van der Waals surface area contributed by atoms with Gasteiger partial charge in [0.25, 0.3) is 0 Å². The number of aromatic amines is 1. The van der Waals surface area contributed by atoms with Gasteiger partial charge in [-0.2, -0.15) is 0 Å². The Kier molecular flexibility index (Phi) is 3.93. The Hall–Kier alpha value is -3.15. The van der Waals surface area contributed by atoms with Gasteiger partial charge in [0.05, 0.1) is 0 Å². The molecule has 0 aliphatic carbocycles. The first-order valence-electron chi connectivity index (χ1n) is 7.91. The van der Waals surface area contributed by atoms with Crippen LogP contribution in [0.25, 0.3) is 23.0 Å². The Morgan fingerprint density at radius 3 is 2.83 bits per heavy atom. The molecular formula is C18H17N5O. The predicted octanol–water partition coefficient (Wildman–Crippen LogP) is 3.56. The highest BCUT2D eigenvalue weighted by Gasteiger charge is 2.12. The molecule has 0 fully saturated rings. The monoisotopic (exact) mass is 319 g/mol. The minimum Gasteiger partial charge on any atom is -0.444 e. The van der Waals surface area contributed by atoms with E-state index in [2.05, 4.69) is 24.5 Å². The van der Waals surface area contributed by atoms with Gasteiger partial charge in [0.1, 0.15) is 17.8 Å². The summed E-state index contributed by atoms with van der Waals surface area (Å²) in [6.45, 7) is 0.851. The summed E-state index contributed by atoms with van der Waals surface area (Å²) in [5.41, 5.74) is 1.71. The Morgan fingerprint density at radius 1 is 1.08 bits per heavy atom. The highest BCUT2D eigenvalue weighted by molar-refractivity contribution is 5.58. The van der Waals surface area contributed by atoms with Gasteiger partial charge in [-0.3, -0.25) is 0 Å². The van der Waals surface area contributed by atoms with Crippen LogP contribution >= 0.6 is 0 Å². The molecule has 0 spiro atoms. The van der Waals surface area contributed by atoms with E-state index in [4.69, 9.17) is 4.42 Å². The number of hydrogen-bond acceptors (Lipinski definition) is 4. The second-order valence-corrected chi connectivity index (χ2v) is 5.49. The fourth-order valence-corrected chi connectivity index (χ4v) is 2.66. The predicted molar refractivity (Wildman–Crippen MR) is 90.1 cm³/mol. The van der Waals surface area contributed by atoms with E-state index in [9.17, 15) is 0 Å². The largest absolute Gasteiger partial charge is 0.444 e. The van der Waals surface area contributed by atoms with E-state index in [1.165, 1.54) is 0 Å². The van der Waals surface area contributed by atoms with Crippen molar-refractivity contribution >= 4 is 0 Å². The first kappa shape index (κ1) is 14.4. The number of nitrogens with one attached hydrogen (secondary N) is 1. The van der Waals surface area contributed by atoms with Crippen LogP contribution in [0.2, 0.25) is 0 Å². The van der Waals surface area contributed by atoms with Gasteiger partial charge in [0, 0.05) is 43.3 Å². The Bertz CT molecular complexity index is 893. The molecule has 0 bridgehead atoms. The Labute approximate surface area is 139 Å². The molecule has 1 N–H and O–H groups in total. The van der Waals surface area contributed by atoms with Crippen molar-refractivity contribution < 1.29 is 4.42 Å². The lowest BCUT2D eigenvalue weighted by Gasteiger charge is -2.04. The number of oxazole rings is 1. The zero-order chi connectivity index (χ0) is 16.2. The van der Waals surface area contributed by atoms with Crippen LogP contribution in [0.3, 0.4) is 0 Å². The van der Waals surface area contributed by atoms with Crippen molar-refractivity contribution in [3.63, 3.8) is 0 Å². The molecule has 0 amide bonds. The number of H-pyrrole nitrogens is 1. The summed E-state index contributed by atoms with van der Waals surface area (Å²) >= 11 is 0. The van der Waals surface area contributed by atoms with Crippen molar-refractivity contribution in [3.8, 4) is 23.0 Å². The van der Waals surface area contributed by atoms with Crippen LogP contribution in [0.1, 0.15) is 12.2 Å². The molecule has 0 atom stereocenters. The maximum atomic E-state index is 5.61. The summed E-state index contributed by atoms with van der Waals surface area (Å²) in [5, 5.41) is 0. The number of aryl methyl sites for hydroxylation is 2. The summed E-state index contributed by atoms with van der Waals surface area (Å²) in [7, 11) is 0. The maximum absolute atomic E-state index is 5.61.